The summed E-state index contributed by atoms with van der Waals surface area (Å²) in [6, 6.07) is 0.996. The van der Waals surface area contributed by atoms with E-state index in [1.807, 2.05) is 26.2 Å². The molecule has 1 aromatic rings. The Morgan fingerprint density at radius 1 is 1.35 bits per heavy atom. The van der Waals surface area contributed by atoms with Gasteiger partial charge in [-0.1, -0.05) is 32.5 Å². The lowest BCUT2D eigenvalue weighted by Gasteiger charge is -2.26. The maximum atomic E-state index is 11.0. The average Bonchev–Trinajstić information content (AvgIpc) is 2.52. The van der Waals surface area contributed by atoms with Crippen molar-refractivity contribution in [1.29, 1.82) is 0 Å². The summed E-state index contributed by atoms with van der Waals surface area (Å²) in [7, 11) is 3.04. The summed E-state index contributed by atoms with van der Waals surface area (Å²) in [5.41, 5.74) is 4.03. The van der Waals surface area contributed by atoms with E-state index >= 15 is 0 Å². The van der Waals surface area contributed by atoms with Crippen molar-refractivity contribution in [3.8, 4) is 11.8 Å². The van der Waals surface area contributed by atoms with Gasteiger partial charge in [0, 0.05) is 6.21 Å². The quantitative estimate of drug-likeness (QED) is 0.177. The zero-order valence-electron chi connectivity index (χ0n) is 13.8. The van der Waals surface area contributed by atoms with Gasteiger partial charge >= 0.3 is 6.03 Å². The van der Waals surface area contributed by atoms with Gasteiger partial charge in [-0.25, -0.2) is 16.1 Å². The monoisotopic (exact) mass is 342 g/mol. The van der Waals surface area contributed by atoms with E-state index in [0.717, 1.165) is 0 Å². The maximum Gasteiger partial charge on any atom is 0.349 e. The highest BCUT2D eigenvalue weighted by Gasteiger charge is 2.26. The van der Waals surface area contributed by atoms with E-state index in [1.165, 1.54) is 26.0 Å². The Morgan fingerprint density at radius 2 is 1.91 bits per heavy atom. The number of urea groups is 1. The first-order chi connectivity index (χ1) is 10.8. The number of hydrazine groups is 1. The highest BCUT2D eigenvalue weighted by Crippen LogP contribution is 2.34. The molecule has 1 heterocycles. The van der Waals surface area contributed by atoms with E-state index in [1.54, 1.807) is 12.3 Å². The Bertz CT molecular complexity index is 539. The summed E-state index contributed by atoms with van der Waals surface area (Å²) in [6.07, 6.45) is 1.61. The van der Waals surface area contributed by atoms with Crippen molar-refractivity contribution in [1.82, 2.24) is 20.8 Å². The van der Waals surface area contributed by atoms with Gasteiger partial charge in [-0.3, -0.25) is 5.43 Å². The zero-order chi connectivity index (χ0) is 17.5. The predicted octanol–water partition coefficient (Wildman–Crippen LogP) is 1.16. The van der Waals surface area contributed by atoms with Crippen molar-refractivity contribution in [2.45, 2.75) is 31.2 Å². The second-order valence-electron chi connectivity index (χ2n) is 5.50. The fraction of sp³-hybridized carbons (Fsp3) is 0.538. The number of nitrogens with zero attached hydrogens (tertiary/aromatic N) is 3. The van der Waals surface area contributed by atoms with E-state index in [2.05, 4.69) is 20.5 Å². The van der Waals surface area contributed by atoms with Gasteiger partial charge in [0.05, 0.1) is 25.5 Å². The molecule has 0 radical (unpaired) electrons. The van der Waals surface area contributed by atoms with E-state index in [4.69, 9.17) is 15.3 Å². The lowest BCUT2D eigenvalue weighted by Crippen LogP contribution is -2.37. The first-order valence-corrected chi connectivity index (χ1v) is 7.61. The number of hydrogen-bond donors (Lipinski definition) is 3. The Hall–Kier alpha value is -2.07. The minimum Gasteiger partial charge on any atom is -0.481 e. The Morgan fingerprint density at radius 3 is 2.35 bits per heavy atom. The molecule has 0 fully saturated rings. The normalized spacial score (nSPS) is 12.8. The molecule has 0 aliphatic rings. The number of carbonyl (C=O) groups is 1. The van der Waals surface area contributed by atoms with E-state index in [-0.39, 0.29) is 10.7 Å². The average molecular weight is 342 g/mol. The lowest BCUT2D eigenvalue weighted by molar-refractivity contribution is 0.241. The molecule has 2 amide bonds. The topological polar surface area (TPSA) is 124 Å². The Labute approximate surface area is 139 Å². The Kier molecular flexibility index (Phi) is 7.04. The summed E-state index contributed by atoms with van der Waals surface area (Å²) in [5.74, 6) is 5.79. The SMILES string of the molecule is COc1cc(OC)nc(SC(C=NNC(=O)NN)C(C)(C)C)n1. The van der Waals surface area contributed by atoms with E-state index < -0.39 is 6.03 Å². The molecule has 1 atom stereocenters. The lowest BCUT2D eigenvalue weighted by atomic mass is 9.92. The highest BCUT2D eigenvalue weighted by molar-refractivity contribution is 8.00. The van der Waals surface area contributed by atoms with Gasteiger partial charge in [0.15, 0.2) is 5.16 Å². The third-order valence-electron chi connectivity index (χ3n) is 2.67. The second kappa shape index (κ2) is 8.53. The highest BCUT2D eigenvalue weighted by atomic mass is 32.2. The molecule has 0 aromatic carbocycles. The van der Waals surface area contributed by atoms with Gasteiger partial charge in [-0.2, -0.15) is 15.1 Å². The first kappa shape index (κ1) is 19.0. The number of amides is 2. The molecule has 0 spiro atoms. The zero-order valence-corrected chi connectivity index (χ0v) is 14.6. The summed E-state index contributed by atoms with van der Waals surface area (Å²) in [5, 5.41) is 4.25. The molecule has 4 N–H and O–H groups in total. The number of nitrogens with two attached hydrogens (primary N) is 1. The summed E-state index contributed by atoms with van der Waals surface area (Å²) in [4.78, 5) is 19.6. The maximum absolute atomic E-state index is 11.0. The molecule has 9 nitrogen and oxygen atoms in total. The smallest absolute Gasteiger partial charge is 0.349 e. The molecule has 1 rings (SSSR count). The van der Waals surface area contributed by atoms with Crippen molar-refractivity contribution >= 4 is 24.0 Å². The standard InChI is InChI=1S/C13H22N6O3S/c1-13(2,3)8(7-15-19-11(20)18-14)23-12-16-9(21-4)6-10(17-12)22-5/h6-8H,14H2,1-5H3,(H2,18,19,20). The fourth-order valence-electron chi connectivity index (χ4n) is 1.39. The number of carbonyl (C=O) groups excluding carboxylic acids is 1. The first-order valence-electron chi connectivity index (χ1n) is 6.73. The molecule has 0 bridgehead atoms. The van der Waals surface area contributed by atoms with Gasteiger partial charge in [0.2, 0.25) is 11.8 Å². The summed E-state index contributed by atoms with van der Waals surface area (Å²) in [6.45, 7) is 6.12. The summed E-state index contributed by atoms with van der Waals surface area (Å²) < 4.78 is 10.3. The predicted molar refractivity (Wildman–Crippen MR) is 88.6 cm³/mol. The van der Waals surface area contributed by atoms with Crippen LogP contribution in [-0.4, -0.2) is 41.7 Å². The van der Waals surface area contributed by atoms with Gasteiger partial charge in [0.25, 0.3) is 0 Å². The number of thioether (sulfide) groups is 1. The van der Waals surface area contributed by atoms with Crippen LogP contribution in [0.4, 0.5) is 4.79 Å². The minimum absolute atomic E-state index is 0.114. The van der Waals surface area contributed by atoms with Crippen LogP contribution in [0.15, 0.2) is 16.3 Å². The van der Waals surface area contributed by atoms with E-state index in [9.17, 15) is 4.79 Å². The molecule has 0 aliphatic carbocycles. The number of rotatable bonds is 6. The molecule has 23 heavy (non-hydrogen) atoms. The third-order valence-corrected chi connectivity index (χ3v) is 4.15. The molecule has 128 valence electrons. The number of methoxy groups -OCH3 is 2. The van der Waals surface area contributed by atoms with Gasteiger partial charge in [-0.15, -0.1) is 0 Å². The van der Waals surface area contributed by atoms with Gasteiger partial charge in [0.1, 0.15) is 0 Å². The number of aromatic nitrogens is 2. The van der Waals surface area contributed by atoms with Crippen LogP contribution in [0.1, 0.15) is 20.8 Å². The van der Waals surface area contributed by atoms with Crippen LogP contribution in [0.3, 0.4) is 0 Å². The van der Waals surface area contributed by atoms with Crippen molar-refractivity contribution in [3.63, 3.8) is 0 Å². The summed E-state index contributed by atoms with van der Waals surface area (Å²) >= 11 is 1.38. The van der Waals surface area contributed by atoms with Crippen LogP contribution >= 0.6 is 11.8 Å². The number of ether oxygens (including phenoxy) is 2. The fourth-order valence-corrected chi connectivity index (χ4v) is 2.37. The number of nitrogens with one attached hydrogen (secondary N) is 2. The largest absolute Gasteiger partial charge is 0.481 e. The third kappa shape index (κ3) is 6.28. The number of hydrogen-bond acceptors (Lipinski definition) is 8. The molecule has 10 heteroatoms. The van der Waals surface area contributed by atoms with Crippen LogP contribution in [-0.2, 0) is 0 Å². The van der Waals surface area contributed by atoms with Crippen LogP contribution in [0.5, 0.6) is 11.8 Å². The van der Waals surface area contributed by atoms with Crippen molar-refractivity contribution in [2.75, 3.05) is 14.2 Å². The molecule has 0 aliphatic heterocycles. The van der Waals surface area contributed by atoms with Crippen molar-refractivity contribution in [2.24, 2.45) is 16.4 Å². The molecule has 1 aromatic heterocycles. The molecular weight excluding hydrogens is 320 g/mol. The van der Waals surface area contributed by atoms with Crippen LogP contribution in [0.25, 0.3) is 0 Å². The second-order valence-corrected chi connectivity index (χ2v) is 6.61. The van der Waals surface area contributed by atoms with Gasteiger partial charge < -0.3 is 9.47 Å². The van der Waals surface area contributed by atoms with Crippen LogP contribution < -0.4 is 26.2 Å². The molecule has 1 unspecified atom stereocenters. The van der Waals surface area contributed by atoms with Crippen molar-refractivity contribution < 1.29 is 14.3 Å². The van der Waals surface area contributed by atoms with Crippen LogP contribution in [0, 0.1) is 5.41 Å². The number of hydrazone groups is 1. The van der Waals surface area contributed by atoms with Gasteiger partial charge in [-0.05, 0) is 5.41 Å². The minimum atomic E-state index is -0.599. The molecule has 0 saturated carbocycles. The van der Waals surface area contributed by atoms with Crippen molar-refractivity contribution in [3.05, 3.63) is 6.07 Å². The molecule has 0 saturated heterocycles. The molecular formula is C13H22N6O3S. The van der Waals surface area contributed by atoms with E-state index in [0.29, 0.717) is 16.9 Å². The Balaban J connectivity index is 2.95. The van der Waals surface area contributed by atoms with Crippen LogP contribution in [0.2, 0.25) is 0 Å².